The molecule has 0 fully saturated rings. The van der Waals surface area contributed by atoms with Gasteiger partial charge in [0.05, 0.1) is 25.0 Å². The van der Waals surface area contributed by atoms with E-state index in [9.17, 15) is 13.5 Å². The van der Waals surface area contributed by atoms with E-state index < -0.39 is 10.0 Å². The summed E-state index contributed by atoms with van der Waals surface area (Å²) in [5, 5.41) is 13.4. The van der Waals surface area contributed by atoms with Gasteiger partial charge in [-0.2, -0.15) is 5.10 Å². The number of hydrogen-bond donors (Lipinski definition) is 1. The van der Waals surface area contributed by atoms with Crippen molar-refractivity contribution in [3.05, 3.63) is 78.1 Å². The van der Waals surface area contributed by atoms with Crippen LogP contribution in [0.5, 0.6) is 0 Å². The first-order valence-corrected chi connectivity index (χ1v) is 9.20. The van der Waals surface area contributed by atoms with Gasteiger partial charge in [0.15, 0.2) is 0 Å². The van der Waals surface area contributed by atoms with Crippen molar-refractivity contribution in [2.75, 3.05) is 11.4 Å². The van der Waals surface area contributed by atoms with Crippen LogP contribution in [0.25, 0.3) is 0 Å². The molecule has 0 spiro atoms. The second-order valence-corrected chi connectivity index (χ2v) is 7.63. The smallest absolute Gasteiger partial charge is 0.267 e. The maximum absolute atomic E-state index is 12.8. The van der Waals surface area contributed by atoms with Crippen LogP contribution in [0.1, 0.15) is 11.1 Å². The van der Waals surface area contributed by atoms with Gasteiger partial charge in [0.1, 0.15) is 4.90 Å². The molecule has 0 unspecified atom stereocenters. The Hall–Kier alpha value is -2.64. The van der Waals surface area contributed by atoms with Crippen molar-refractivity contribution in [2.45, 2.75) is 18.0 Å². The van der Waals surface area contributed by atoms with Crippen LogP contribution < -0.4 is 4.31 Å². The molecular weight excluding hydrogens is 338 g/mol. The summed E-state index contributed by atoms with van der Waals surface area (Å²) in [4.78, 5) is 0.125. The van der Waals surface area contributed by atoms with Gasteiger partial charge in [-0.15, -0.1) is 0 Å². The van der Waals surface area contributed by atoms with Crippen molar-refractivity contribution in [3.63, 3.8) is 0 Å². The van der Waals surface area contributed by atoms with Gasteiger partial charge in [0.2, 0.25) is 0 Å². The first kappa shape index (κ1) is 17.2. The first-order chi connectivity index (χ1) is 12.0. The number of benzene rings is 2. The first-order valence-electron chi connectivity index (χ1n) is 7.76. The maximum atomic E-state index is 12.8. The summed E-state index contributed by atoms with van der Waals surface area (Å²) in [6.07, 6.45) is 2.87. The minimum absolute atomic E-state index is 0.125. The van der Waals surface area contributed by atoms with Gasteiger partial charge >= 0.3 is 0 Å². The number of anilines is 1. The number of hydrogen-bond acceptors (Lipinski definition) is 4. The number of sulfonamides is 1. The van der Waals surface area contributed by atoms with Crippen molar-refractivity contribution in [1.82, 2.24) is 9.78 Å². The Bertz CT molecular complexity index is 952. The molecule has 0 amide bonds. The molecule has 3 rings (SSSR count). The Morgan fingerprint density at radius 3 is 2.52 bits per heavy atom. The molecule has 25 heavy (non-hydrogen) atoms. The van der Waals surface area contributed by atoms with Gasteiger partial charge in [0, 0.05) is 13.2 Å². The number of nitrogens with zero attached hydrogens (tertiary/aromatic N) is 3. The van der Waals surface area contributed by atoms with E-state index >= 15 is 0 Å². The average Bonchev–Trinajstić information content (AvgIpc) is 3.11. The van der Waals surface area contributed by atoms with Gasteiger partial charge in [-0.05, 0) is 23.3 Å². The highest BCUT2D eigenvalue weighted by molar-refractivity contribution is 7.92. The zero-order valence-corrected chi connectivity index (χ0v) is 14.6. The number of aromatic nitrogens is 2. The topological polar surface area (TPSA) is 75.4 Å². The molecule has 0 saturated heterocycles. The second-order valence-electron chi connectivity index (χ2n) is 5.66. The van der Waals surface area contributed by atoms with Crippen LogP contribution in [0.2, 0.25) is 0 Å². The number of aliphatic hydroxyl groups is 1. The highest BCUT2D eigenvalue weighted by Crippen LogP contribution is 2.22. The molecule has 0 radical (unpaired) electrons. The Kier molecular flexibility index (Phi) is 4.87. The summed E-state index contributed by atoms with van der Waals surface area (Å²) < 4.78 is 28.4. The predicted octanol–water partition coefficient (Wildman–Crippen LogP) is 2.25. The normalized spacial score (nSPS) is 11.4. The van der Waals surface area contributed by atoms with Crippen molar-refractivity contribution >= 4 is 15.7 Å². The lowest BCUT2D eigenvalue weighted by Gasteiger charge is -2.19. The number of aliphatic hydroxyl groups excluding tert-OH is 1. The average molecular weight is 357 g/mol. The third kappa shape index (κ3) is 3.72. The summed E-state index contributed by atoms with van der Waals surface area (Å²) in [6, 6.07) is 16.5. The molecule has 7 heteroatoms. The van der Waals surface area contributed by atoms with Crippen LogP contribution >= 0.6 is 0 Å². The molecule has 1 N–H and O–H groups in total. The minimum atomic E-state index is -3.72. The van der Waals surface area contributed by atoms with Crippen molar-refractivity contribution in [3.8, 4) is 0 Å². The fraction of sp³-hybridized carbons (Fsp3) is 0.167. The number of rotatable bonds is 6. The summed E-state index contributed by atoms with van der Waals surface area (Å²) in [5.41, 5.74) is 2.18. The van der Waals surface area contributed by atoms with Crippen LogP contribution in [0, 0.1) is 0 Å². The Labute approximate surface area is 147 Å². The van der Waals surface area contributed by atoms with Crippen LogP contribution in [0.15, 0.2) is 71.9 Å². The van der Waals surface area contributed by atoms with E-state index in [0.29, 0.717) is 17.8 Å². The summed E-state index contributed by atoms with van der Waals surface area (Å²) in [7, 11) is -2.23. The van der Waals surface area contributed by atoms with E-state index in [0.717, 1.165) is 5.56 Å². The molecule has 0 aliphatic carbocycles. The van der Waals surface area contributed by atoms with Crippen LogP contribution in [-0.2, 0) is 23.2 Å². The van der Waals surface area contributed by atoms with Gasteiger partial charge < -0.3 is 5.11 Å². The summed E-state index contributed by atoms with van der Waals surface area (Å²) in [5.74, 6) is 0. The van der Waals surface area contributed by atoms with Crippen molar-refractivity contribution < 1.29 is 13.5 Å². The highest BCUT2D eigenvalue weighted by Gasteiger charge is 2.23. The SMILES string of the molecule is CN(c1cccc(CO)c1)S(=O)(=O)c1cnn(Cc2ccccc2)c1. The Balaban J connectivity index is 1.84. The summed E-state index contributed by atoms with van der Waals surface area (Å²) >= 11 is 0. The predicted molar refractivity (Wildman–Crippen MR) is 95.7 cm³/mol. The van der Waals surface area contributed by atoms with Gasteiger partial charge in [-0.25, -0.2) is 8.42 Å². The molecule has 0 aliphatic rings. The second kappa shape index (κ2) is 7.08. The van der Waals surface area contributed by atoms with E-state index in [2.05, 4.69) is 5.10 Å². The highest BCUT2D eigenvalue weighted by atomic mass is 32.2. The lowest BCUT2D eigenvalue weighted by molar-refractivity contribution is 0.282. The van der Waals surface area contributed by atoms with E-state index in [1.54, 1.807) is 28.9 Å². The minimum Gasteiger partial charge on any atom is -0.392 e. The van der Waals surface area contributed by atoms with E-state index in [1.165, 1.54) is 23.7 Å². The Morgan fingerprint density at radius 1 is 1.08 bits per heavy atom. The molecule has 1 aromatic heterocycles. The molecule has 2 aromatic carbocycles. The van der Waals surface area contributed by atoms with Gasteiger partial charge in [-0.1, -0.05) is 42.5 Å². The molecule has 0 saturated carbocycles. The Morgan fingerprint density at radius 2 is 1.80 bits per heavy atom. The zero-order chi connectivity index (χ0) is 17.9. The lowest BCUT2D eigenvalue weighted by Crippen LogP contribution is -2.26. The third-order valence-corrected chi connectivity index (χ3v) is 5.65. The van der Waals surface area contributed by atoms with Gasteiger partial charge in [0.25, 0.3) is 10.0 Å². The van der Waals surface area contributed by atoms with Crippen molar-refractivity contribution in [2.24, 2.45) is 0 Å². The monoisotopic (exact) mass is 357 g/mol. The quantitative estimate of drug-likeness (QED) is 0.734. The van der Waals surface area contributed by atoms with E-state index in [1.807, 2.05) is 30.3 Å². The van der Waals surface area contributed by atoms with Gasteiger partial charge in [-0.3, -0.25) is 8.99 Å². The molecule has 1 heterocycles. The zero-order valence-electron chi connectivity index (χ0n) is 13.8. The fourth-order valence-electron chi connectivity index (χ4n) is 2.48. The van der Waals surface area contributed by atoms with Crippen LogP contribution in [0.3, 0.4) is 0 Å². The van der Waals surface area contributed by atoms with E-state index in [4.69, 9.17) is 0 Å². The van der Waals surface area contributed by atoms with Crippen LogP contribution in [0.4, 0.5) is 5.69 Å². The standard InChI is InChI=1S/C18H19N3O3S/c1-20(17-9-5-8-16(10-17)14-22)25(23,24)18-11-19-21(13-18)12-15-6-3-2-4-7-15/h2-11,13,22H,12,14H2,1H3. The maximum Gasteiger partial charge on any atom is 0.267 e. The molecule has 6 nitrogen and oxygen atoms in total. The van der Waals surface area contributed by atoms with E-state index in [-0.39, 0.29) is 11.5 Å². The van der Waals surface area contributed by atoms with Crippen LogP contribution in [-0.4, -0.2) is 30.4 Å². The van der Waals surface area contributed by atoms with Crippen molar-refractivity contribution in [1.29, 1.82) is 0 Å². The molecule has 130 valence electrons. The molecule has 0 bridgehead atoms. The molecular formula is C18H19N3O3S. The third-order valence-electron chi connectivity index (χ3n) is 3.91. The summed E-state index contributed by atoms with van der Waals surface area (Å²) in [6.45, 7) is 0.358. The molecule has 0 atom stereocenters. The fourth-order valence-corrected chi connectivity index (χ4v) is 3.62. The largest absolute Gasteiger partial charge is 0.392 e. The molecule has 0 aliphatic heterocycles. The molecule has 3 aromatic rings. The lowest BCUT2D eigenvalue weighted by atomic mass is 10.2.